The first-order chi connectivity index (χ1) is 8.61. The van der Waals surface area contributed by atoms with E-state index in [1.54, 1.807) is 11.8 Å². The quantitative estimate of drug-likeness (QED) is 0.698. The maximum atomic E-state index is 11.5. The van der Waals surface area contributed by atoms with E-state index >= 15 is 0 Å². The molecular weight excluding hydrogens is 234 g/mol. The van der Waals surface area contributed by atoms with E-state index in [4.69, 9.17) is 10.00 Å². The molecule has 0 unspecified atom stereocenters. The second kappa shape index (κ2) is 7.19. The van der Waals surface area contributed by atoms with Crippen LogP contribution in [0.25, 0.3) is 0 Å². The molecule has 0 bridgehead atoms. The third kappa shape index (κ3) is 4.51. The first kappa shape index (κ1) is 14.7. The molecule has 1 saturated heterocycles. The van der Waals surface area contributed by atoms with Crippen molar-refractivity contribution < 1.29 is 14.6 Å². The highest BCUT2D eigenvalue weighted by Crippen LogP contribution is 2.21. The molecule has 0 saturated carbocycles. The summed E-state index contributed by atoms with van der Waals surface area (Å²) in [6, 6.07) is 2.04. The Balaban J connectivity index is 2.28. The topological polar surface area (TPSA) is 85.6 Å². The lowest BCUT2D eigenvalue weighted by molar-refractivity contribution is -0.0185. The molecule has 102 valence electrons. The zero-order valence-corrected chi connectivity index (χ0v) is 10.8. The summed E-state index contributed by atoms with van der Waals surface area (Å²) >= 11 is 0. The predicted molar refractivity (Wildman–Crippen MR) is 65.9 cm³/mol. The molecule has 0 aromatic carbocycles. The number of hydrogen-bond donors (Lipinski definition) is 2. The minimum absolute atomic E-state index is 0.308. The second-order valence-corrected chi connectivity index (χ2v) is 4.50. The Labute approximate surface area is 108 Å². The van der Waals surface area contributed by atoms with E-state index in [0.29, 0.717) is 52.0 Å². The number of ether oxygens (including phenoxy) is 1. The van der Waals surface area contributed by atoms with Gasteiger partial charge in [-0.25, -0.2) is 4.79 Å². The van der Waals surface area contributed by atoms with Gasteiger partial charge in [-0.05, 0) is 19.8 Å². The van der Waals surface area contributed by atoms with Crippen molar-refractivity contribution in [2.45, 2.75) is 31.8 Å². The smallest absolute Gasteiger partial charge is 0.409 e. The predicted octanol–water partition coefficient (Wildman–Crippen LogP) is 0.473. The van der Waals surface area contributed by atoms with Gasteiger partial charge in [-0.15, -0.1) is 0 Å². The van der Waals surface area contributed by atoms with Crippen LogP contribution in [0, 0.1) is 11.3 Å². The summed E-state index contributed by atoms with van der Waals surface area (Å²) in [5.74, 6) is 0. The highest BCUT2D eigenvalue weighted by molar-refractivity contribution is 5.67. The maximum absolute atomic E-state index is 11.5. The van der Waals surface area contributed by atoms with Crippen LogP contribution in [0.5, 0.6) is 0 Å². The molecule has 18 heavy (non-hydrogen) atoms. The first-order valence-electron chi connectivity index (χ1n) is 6.33. The molecule has 0 atom stereocenters. The van der Waals surface area contributed by atoms with Gasteiger partial charge >= 0.3 is 6.09 Å². The fourth-order valence-electron chi connectivity index (χ4n) is 1.96. The van der Waals surface area contributed by atoms with Crippen molar-refractivity contribution in [2.24, 2.45) is 0 Å². The zero-order valence-electron chi connectivity index (χ0n) is 10.8. The Morgan fingerprint density at radius 2 is 2.22 bits per heavy atom. The van der Waals surface area contributed by atoms with Crippen LogP contribution in [0.4, 0.5) is 4.79 Å². The Kier molecular flexibility index (Phi) is 5.89. The minimum Gasteiger partial charge on any atom is -0.450 e. The molecule has 0 aromatic rings. The summed E-state index contributed by atoms with van der Waals surface area (Å²) < 4.78 is 4.92. The van der Waals surface area contributed by atoms with Gasteiger partial charge in [0.2, 0.25) is 0 Å². The number of nitrogens with one attached hydrogen (secondary N) is 1. The number of rotatable bonds is 5. The summed E-state index contributed by atoms with van der Waals surface area (Å²) in [6.07, 6.45) is 1.19. The molecule has 6 heteroatoms. The minimum atomic E-state index is -0.779. The summed E-state index contributed by atoms with van der Waals surface area (Å²) in [5, 5.41) is 21.7. The lowest BCUT2D eigenvalue weighted by Gasteiger charge is -2.37. The summed E-state index contributed by atoms with van der Waals surface area (Å²) in [4.78, 5) is 13.1. The molecule has 0 radical (unpaired) electrons. The Bertz CT molecular complexity index is 306. The van der Waals surface area contributed by atoms with Gasteiger partial charge in [0.05, 0.1) is 18.3 Å². The van der Waals surface area contributed by atoms with Crippen molar-refractivity contribution in [3.63, 3.8) is 0 Å². The van der Waals surface area contributed by atoms with Crippen LogP contribution >= 0.6 is 0 Å². The van der Waals surface area contributed by atoms with Crippen molar-refractivity contribution in [3.05, 3.63) is 0 Å². The standard InChI is InChI=1S/C12H21N3O3/c1-2-18-11(16)15-8-4-12(17,5-9-15)10-14-7-3-6-13/h14,17H,2-5,7-10H2,1H3. The number of carbonyl (C=O) groups excluding carboxylic acids is 1. The summed E-state index contributed by atoms with van der Waals surface area (Å²) in [5.41, 5.74) is -0.779. The van der Waals surface area contributed by atoms with E-state index in [1.165, 1.54) is 0 Å². The van der Waals surface area contributed by atoms with Crippen molar-refractivity contribution in [1.29, 1.82) is 5.26 Å². The largest absolute Gasteiger partial charge is 0.450 e. The van der Waals surface area contributed by atoms with Gasteiger partial charge in [-0.1, -0.05) is 0 Å². The highest BCUT2D eigenvalue weighted by Gasteiger charge is 2.33. The van der Waals surface area contributed by atoms with E-state index in [-0.39, 0.29) is 6.09 Å². The molecule has 0 aromatic heterocycles. The number of aliphatic hydroxyl groups is 1. The van der Waals surface area contributed by atoms with Crippen LogP contribution in [0.15, 0.2) is 0 Å². The monoisotopic (exact) mass is 255 g/mol. The lowest BCUT2D eigenvalue weighted by Crippen LogP contribution is -2.51. The van der Waals surface area contributed by atoms with E-state index in [0.717, 1.165) is 0 Å². The van der Waals surface area contributed by atoms with Crippen molar-refractivity contribution >= 4 is 6.09 Å². The number of nitrogens with zero attached hydrogens (tertiary/aromatic N) is 2. The number of hydrogen-bond acceptors (Lipinski definition) is 5. The van der Waals surface area contributed by atoms with Crippen LogP contribution in [0.1, 0.15) is 26.2 Å². The first-order valence-corrected chi connectivity index (χ1v) is 6.33. The Morgan fingerprint density at radius 3 is 2.78 bits per heavy atom. The number of likely N-dealkylation sites (tertiary alicyclic amines) is 1. The SMILES string of the molecule is CCOC(=O)N1CCC(O)(CNCCC#N)CC1. The van der Waals surface area contributed by atoms with Gasteiger partial charge in [0.1, 0.15) is 0 Å². The van der Waals surface area contributed by atoms with E-state index in [1.807, 2.05) is 6.07 Å². The van der Waals surface area contributed by atoms with Crippen molar-refractivity contribution in [3.8, 4) is 6.07 Å². The average molecular weight is 255 g/mol. The molecule has 2 N–H and O–H groups in total. The van der Waals surface area contributed by atoms with Gasteiger partial charge < -0.3 is 20.1 Å². The Hall–Kier alpha value is -1.32. The third-order valence-corrected chi connectivity index (χ3v) is 3.09. The molecule has 1 rings (SSSR count). The average Bonchev–Trinajstić information content (AvgIpc) is 2.36. The lowest BCUT2D eigenvalue weighted by atomic mass is 9.91. The normalized spacial score (nSPS) is 18.2. The van der Waals surface area contributed by atoms with E-state index in [2.05, 4.69) is 5.32 Å². The van der Waals surface area contributed by atoms with Crippen molar-refractivity contribution in [2.75, 3.05) is 32.8 Å². The molecule has 1 aliphatic heterocycles. The van der Waals surface area contributed by atoms with Gasteiger partial charge in [0.25, 0.3) is 0 Å². The summed E-state index contributed by atoms with van der Waals surface area (Å²) in [7, 11) is 0. The number of piperidine rings is 1. The molecule has 1 fully saturated rings. The van der Waals surface area contributed by atoms with Crippen LogP contribution in [-0.4, -0.2) is 54.5 Å². The van der Waals surface area contributed by atoms with Crippen LogP contribution in [0.2, 0.25) is 0 Å². The molecule has 0 spiro atoms. The van der Waals surface area contributed by atoms with Crippen LogP contribution in [-0.2, 0) is 4.74 Å². The van der Waals surface area contributed by atoms with E-state index in [9.17, 15) is 9.90 Å². The second-order valence-electron chi connectivity index (χ2n) is 4.50. The van der Waals surface area contributed by atoms with E-state index < -0.39 is 5.60 Å². The van der Waals surface area contributed by atoms with Gasteiger partial charge in [-0.3, -0.25) is 0 Å². The third-order valence-electron chi connectivity index (χ3n) is 3.09. The van der Waals surface area contributed by atoms with Gasteiger partial charge in [-0.2, -0.15) is 5.26 Å². The number of nitriles is 1. The molecule has 0 aliphatic carbocycles. The number of amides is 1. The molecular formula is C12H21N3O3. The maximum Gasteiger partial charge on any atom is 0.409 e. The zero-order chi connectivity index (χ0) is 13.4. The fraction of sp³-hybridized carbons (Fsp3) is 0.833. The Morgan fingerprint density at radius 1 is 1.56 bits per heavy atom. The molecule has 6 nitrogen and oxygen atoms in total. The van der Waals surface area contributed by atoms with Gasteiger partial charge in [0.15, 0.2) is 0 Å². The van der Waals surface area contributed by atoms with Crippen LogP contribution in [0.3, 0.4) is 0 Å². The van der Waals surface area contributed by atoms with Crippen molar-refractivity contribution in [1.82, 2.24) is 10.2 Å². The molecule has 1 heterocycles. The molecule has 1 aliphatic rings. The molecule has 1 amide bonds. The fourth-order valence-corrected chi connectivity index (χ4v) is 1.96. The summed E-state index contributed by atoms with van der Waals surface area (Å²) in [6.45, 7) is 4.21. The highest BCUT2D eigenvalue weighted by atomic mass is 16.6. The van der Waals surface area contributed by atoms with Gasteiger partial charge in [0, 0.05) is 32.6 Å². The van der Waals surface area contributed by atoms with Crippen LogP contribution < -0.4 is 5.32 Å². The number of carbonyl (C=O) groups is 1.